The Labute approximate surface area is 194 Å². The van der Waals surface area contributed by atoms with E-state index in [9.17, 15) is 18.0 Å². The number of halogens is 1. The summed E-state index contributed by atoms with van der Waals surface area (Å²) in [4.78, 5) is 26.7. The Hall–Kier alpha value is -2.42. The first-order valence-corrected chi connectivity index (χ1v) is 12.5. The van der Waals surface area contributed by atoms with Crippen LogP contribution < -0.4 is 10.2 Å². The molecule has 0 unspecified atom stereocenters. The van der Waals surface area contributed by atoms with Crippen LogP contribution in [0.2, 0.25) is 5.02 Å². The molecule has 32 heavy (non-hydrogen) atoms. The quantitative estimate of drug-likeness (QED) is 0.622. The number of carbonyl (C=O) groups excluding carboxylic acids is 2. The number of sulfonamides is 1. The van der Waals surface area contributed by atoms with Gasteiger partial charge in [-0.3, -0.25) is 9.59 Å². The van der Waals surface area contributed by atoms with Crippen LogP contribution in [0.4, 0.5) is 5.69 Å². The van der Waals surface area contributed by atoms with Crippen molar-refractivity contribution >= 4 is 39.1 Å². The lowest BCUT2D eigenvalue weighted by Gasteiger charge is -2.20. The minimum absolute atomic E-state index is 0.00224. The van der Waals surface area contributed by atoms with Gasteiger partial charge in [-0.1, -0.05) is 37.6 Å². The van der Waals surface area contributed by atoms with Gasteiger partial charge in [-0.2, -0.15) is 4.31 Å². The molecule has 1 fully saturated rings. The molecule has 0 aliphatic carbocycles. The Kier molecular flexibility index (Phi) is 7.59. The van der Waals surface area contributed by atoms with Crippen molar-refractivity contribution in [3.63, 3.8) is 0 Å². The Morgan fingerprint density at radius 1 is 1.16 bits per heavy atom. The highest BCUT2D eigenvalue weighted by molar-refractivity contribution is 7.89. The summed E-state index contributed by atoms with van der Waals surface area (Å²) < 4.78 is 26.7. The molecular formula is C23H28ClN3O4S. The van der Waals surface area contributed by atoms with Crippen LogP contribution in [0.15, 0.2) is 47.4 Å². The summed E-state index contributed by atoms with van der Waals surface area (Å²) >= 11 is 6.26. The number of nitrogens with one attached hydrogen (secondary N) is 1. The molecule has 0 bridgehead atoms. The molecule has 1 N–H and O–H groups in total. The smallest absolute Gasteiger partial charge is 0.251 e. The first kappa shape index (κ1) is 24.2. The third-order valence-corrected chi connectivity index (χ3v) is 8.03. The fourth-order valence-electron chi connectivity index (χ4n) is 3.77. The fraction of sp³-hybridized carbons (Fsp3) is 0.391. The number of nitrogens with zero attached hydrogens (tertiary/aromatic N) is 2. The van der Waals surface area contributed by atoms with Gasteiger partial charge in [-0.15, -0.1) is 0 Å². The number of anilines is 1. The molecule has 0 radical (unpaired) electrons. The largest absolute Gasteiger partial charge is 0.346 e. The lowest BCUT2D eigenvalue weighted by Crippen LogP contribution is -2.30. The number of hydrogen-bond acceptors (Lipinski definition) is 4. The molecule has 1 aliphatic rings. The standard InChI is InChI=1S/C23H28ClN3O4S/c1-4-26(5-2)32(30,31)19-11-8-17(9-12-19)16(3)25-23(29)18-10-13-20(24)21(15-18)27-14-6-7-22(27)28/h8-13,15-16H,4-7,14H2,1-3H3,(H,25,29)/t16-/m0/s1. The number of benzene rings is 2. The maximum atomic E-state index is 12.8. The lowest BCUT2D eigenvalue weighted by molar-refractivity contribution is -0.117. The summed E-state index contributed by atoms with van der Waals surface area (Å²) in [5.41, 5.74) is 1.72. The Balaban J connectivity index is 1.74. The lowest BCUT2D eigenvalue weighted by atomic mass is 10.1. The molecule has 7 nitrogen and oxygen atoms in total. The van der Waals surface area contributed by atoms with Crippen LogP contribution in [0, 0.1) is 0 Å². The Morgan fingerprint density at radius 3 is 2.38 bits per heavy atom. The molecule has 1 atom stereocenters. The SMILES string of the molecule is CCN(CC)S(=O)(=O)c1ccc([C@H](C)NC(=O)c2ccc(Cl)c(N3CCCC3=O)c2)cc1. The summed E-state index contributed by atoms with van der Waals surface area (Å²) in [5, 5.41) is 3.34. The second-order valence-electron chi connectivity index (χ2n) is 7.67. The number of carbonyl (C=O) groups is 2. The number of hydrogen-bond donors (Lipinski definition) is 1. The van der Waals surface area contributed by atoms with Crippen molar-refractivity contribution in [2.24, 2.45) is 0 Å². The highest BCUT2D eigenvalue weighted by Gasteiger charge is 2.25. The molecule has 3 rings (SSSR count). The van der Waals surface area contributed by atoms with Gasteiger partial charge in [0.1, 0.15) is 0 Å². The van der Waals surface area contributed by atoms with Crippen molar-refractivity contribution in [1.29, 1.82) is 0 Å². The predicted molar refractivity (Wildman–Crippen MR) is 125 cm³/mol. The van der Waals surface area contributed by atoms with Crippen molar-refractivity contribution in [2.75, 3.05) is 24.5 Å². The first-order valence-electron chi connectivity index (χ1n) is 10.7. The summed E-state index contributed by atoms with van der Waals surface area (Å²) in [6.45, 7) is 6.82. The Morgan fingerprint density at radius 2 is 1.81 bits per heavy atom. The van der Waals surface area contributed by atoms with E-state index in [0.717, 1.165) is 12.0 Å². The van der Waals surface area contributed by atoms with E-state index in [1.807, 2.05) is 6.92 Å². The maximum absolute atomic E-state index is 12.8. The van der Waals surface area contributed by atoms with Crippen LogP contribution in [-0.4, -0.2) is 44.2 Å². The summed E-state index contributed by atoms with van der Waals surface area (Å²) in [6, 6.07) is 11.1. The molecule has 1 heterocycles. The van der Waals surface area contributed by atoms with Gasteiger partial charge >= 0.3 is 0 Å². The average Bonchev–Trinajstić information content (AvgIpc) is 3.20. The van der Waals surface area contributed by atoms with E-state index in [0.29, 0.717) is 42.3 Å². The van der Waals surface area contributed by atoms with Crippen LogP contribution in [0.5, 0.6) is 0 Å². The highest BCUT2D eigenvalue weighted by Crippen LogP contribution is 2.30. The summed E-state index contributed by atoms with van der Waals surface area (Å²) in [7, 11) is -3.53. The van der Waals surface area contributed by atoms with E-state index in [1.54, 1.807) is 61.2 Å². The van der Waals surface area contributed by atoms with Crippen molar-refractivity contribution < 1.29 is 18.0 Å². The monoisotopic (exact) mass is 477 g/mol. The molecule has 9 heteroatoms. The molecular weight excluding hydrogens is 450 g/mol. The molecule has 0 aromatic heterocycles. The van der Waals surface area contributed by atoms with Gasteiger partial charge in [0.2, 0.25) is 15.9 Å². The third-order valence-electron chi connectivity index (χ3n) is 5.64. The van der Waals surface area contributed by atoms with E-state index >= 15 is 0 Å². The van der Waals surface area contributed by atoms with Crippen LogP contribution in [0.25, 0.3) is 0 Å². The zero-order valence-electron chi connectivity index (χ0n) is 18.5. The van der Waals surface area contributed by atoms with Crippen LogP contribution in [-0.2, 0) is 14.8 Å². The van der Waals surface area contributed by atoms with E-state index in [-0.39, 0.29) is 22.8 Å². The summed E-state index contributed by atoms with van der Waals surface area (Å²) in [5.74, 6) is -0.306. The highest BCUT2D eigenvalue weighted by atomic mass is 35.5. The van der Waals surface area contributed by atoms with Crippen molar-refractivity contribution in [3.05, 3.63) is 58.6 Å². The molecule has 0 spiro atoms. The topological polar surface area (TPSA) is 86.8 Å². The fourth-order valence-corrected chi connectivity index (χ4v) is 5.45. The van der Waals surface area contributed by atoms with Gasteiger partial charge in [0.25, 0.3) is 5.91 Å². The normalized spacial score (nSPS) is 15.3. The van der Waals surface area contributed by atoms with E-state index in [1.165, 1.54) is 4.31 Å². The zero-order valence-corrected chi connectivity index (χ0v) is 20.0. The van der Waals surface area contributed by atoms with E-state index < -0.39 is 10.0 Å². The van der Waals surface area contributed by atoms with E-state index in [2.05, 4.69) is 5.32 Å². The molecule has 1 saturated heterocycles. The van der Waals surface area contributed by atoms with Gasteiger partial charge in [-0.05, 0) is 49.2 Å². The van der Waals surface area contributed by atoms with Gasteiger partial charge in [0.05, 0.1) is 21.6 Å². The van der Waals surface area contributed by atoms with Crippen LogP contribution in [0.3, 0.4) is 0 Å². The van der Waals surface area contributed by atoms with Gasteiger partial charge in [0, 0.05) is 31.6 Å². The third kappa shape index (κ3) is 4.98. The number of amides is 2. The Bertz CT molecular complexity index is 1100. The molecule has 172 valence electrons. The average molecular weight is 478 g/mol. The van der Waals surface area contributed by atoms with Crippen LogP contribution in [0.1, 0.15) is 55.6 Å². The molecule has 2 aromatic carbocycles. The molecule has 1 aliphatic heterocycles. The maximum Gasteiger partial charge on any atom is 0.251 e. The van der Waals surface area contributed by atoms with E-state index in [4.69, 9.17) is 11.6 Å². The molecule has 2 amide bonds. The zero-order chi connectivity index (χ0) is 23.5. The van der Waals surface area contributed by atoms with Crippen molar-refractivity contribution in [2.45, 2.75) is 44.6 Å². The predicted octanol–water partition coefficient (Wildman–Crippen LogP) is 3.99. The number of rotatable bonds is 8. The minimum atomic E-state index is -3.53. The minimum Gasteiger partial charge on any atom is -0.346 e. The van der Waals surface area contributed by atoms with Gasteiger partial charge in [0.15, 0.2) is 0 Å². The summed E-state index contributed by atoms with van der Waals surface area (Å²) in [6.07, 6.45) is 1.24. The van der Waals surface area contributed by atoms with Gasteiger partial charge < -0.3 is 10.2 Å². The molecule has 2 aromatic rings. The second kappa shape index (κ2) is 10.0. The first-order chi connectivity index (χ1) is 15.2. The van der Waals surface area contributed by atoms with Crippen molar-refractivity contribution in [3.8, 4) is 0 Å². The van der Waals surface area contributed by atoms with Crippen LogP contribution >= 0.6 is 11.6 Å². The van der Waals surface area contributed by atoms with Gasteiger partial charge in [-0.25, -0.2) is 8.42 Å². The van der Waals surface area contributed by atoms with Crippen molar-refractivity contribution in [1.82, 2.24) is 9.62 Å². The second-order valence-corrected chi connectivity index (χ2v) is 10.0. The molecule has 0 saturated carbocycles.